The van der Waals surface area contributed by atoms with Crippen LogP contribution in [0.2, 0.25) is 0 Å². The maximum atomic E-state index is 12.3. The van der Waals surface area contributed by atoms with Gasteiger partial charge in [0.1, 0.15) is 11.1 Å². The Hall–Kier alpha value is -2.12. The van der Waals surface area contributed by atoms with Gasteiger partial charge in [-0.05, 0) is 51.4 Å². The first-order valence-corrected chi connectivity index (χ1v) is 10.1. The number of ether oxygens (including phenoxy) is 1. The van der Waals surface area contributed by atoms with Crippen molar-refractivity contribution in [3.05, 3.63) is 29.7 Å². The molecule has 28 heavy (non-hydrogen) atoms. The number of hydrogen-bond acceptors (Lipinski definition) is 6. The van der Waals surface area contributed by atoms with Gasteiger partial charge >= 0.3 is 6.09 Å². The van der Waals surface area contributed by atoms with E-state index in [9.17, 15) is 4.79 Å². The summed E-state index contributed by atoms with van der Waals surface area (Å²) in [5, 5.41) is 3.23. The van der Waals surface area contributed by atoms with Crippen molar-refractivity contribution >= 4 is 17.2 Å². The highest BCUT2D eigenvalue weighted by molar-refractivity contribution is 5.73. The van der Waals surface area contributed by atoms with Gasteiger partial charge in [0, 0.05) is 32.7 Å². The molecule has 154 valence electrons. The Balaban J connectivity index is 1.58. The topological polar surface area (TPSA) is 70.8 Å². The summed E-state index contributed by atoms with van der Waals surface area (Å²) in [6.45, 7) is 13.4. The quantitative estimate of drug-likeness (QED) is 0.847. The van der Waals surface area contributed by atoms with E-state index in [1.807, 2.05) is 31.7 Å². The van der Waals surface area contributed by atoms with Gasteiger partial charge in [-0.1, -0.05) is 13.0 Å². The van der Waals surface area contributed by atoms with E-state index in [1.54, 1.807) is 0 Å². The molecular weight excluding hydrogens is 356 g/mol. The summed E-state index contributed by atoms with van der Waals surface area (Å²) in [7, 11) is 0. The summed E-state index contributed by atoms with van der Waals surface area (Å²) in [6.07, 6.45) is 0.727. The van der Waals surface area contributed by atoms with Crippen LogP contribution in [0.3, 0.4) is 0 Å². The van der Waals surface area contributed by atoms with Crippen molar-refractivity contribution < 1.29 is 13.9 Å². The van der Waals surface area contributed by atoms with Gasteiger partial charge in [0.15, 0.2) is 5.58 Å². The molecule has 1 fully saturated rings. The van der Waals surface area contributed by atoms with Crippen LogP contribution in [0.4, 0.5) is 4.79 Å². The van der Waals surface area contributed by atoms with Crippen molar-refractivity contribution in [1.29, 1.82) is 0 Å². The molecule has 0 atom stereocenters. The zero-order valence-corrected chi connectivity index (χ0v) is 17.5. The molecule has 0 saturated carbocycles. The maximum absolute atomic E-state index is 12.3. The Bertz CT molecular complexity index is 797. The second-order valence-corrected chi connectivity index (χ2v) is 8.29. The molecule has 7 heteroatoms. The first-order chi connectivity index (χ1) is 13.3. The van der Waals surface area contributed by atoms with Gasteiger partial charge in [-0.15, -0.1) is 0 Å². The van der Waals surface area contributed by atoms with Gasteiger partial charge in [-0.3, -0.25) is 4.90 Å². The van der Waals surface area contributed by atoms with Crippen LogP contribution in [0, 0.1) is 0 Å². The van der Waals surface area contributed by atoms with Gasteiger partial charge in [0.05, 0.1) is 6.54 Å². The van der Waals surface area contributed by atoms with E-state index in [-0.39, 0.29) is 6.09 Å². The summed E-state index contributed by atoms with van der Waals surface area (Å²) in [6, 6.07) is 6.20. The van der Waals surface area contributed by atoms with Crippen molar-refractivity contribution in [2.24, 2.45) is 0 Å². The Morgan fingerprint density at radius 3 is 2.82 bits per heavy atom. The fraction of sp³-hybridized carbons (Fsp3) is 0.619. The van der Waals surface area contributed by atoms with Crippen LogP contribution in [-0.4, -0.2) is 59.2 Å². The van der Waals surface area contributed by atoms with Crippen molar-refractivity contribution in [1.82, 2.24) is 20.1 Å². The minimum Gasteiger partial charge on any atom is -0.444 e. The molecule has 1 saturated heterocycles. The molecule has 0 unspecified atom stereocenters. The number of amides is 1. The number of fused-ring (bicyclic) bond motifs is 1. The fourth-order valence-electron chi connectivity index (χ4n) is 3.32. The molecule has 1 N–H and O–H groups in total. The van der Waals surface area contributed by atoms with Crippen LogP contribution < -0.4 is 5.32 Å². The fourth-order valence-corrected chi connectivity index (χ4v) is 3.32. The zero-order valence-electron chi connectivity index (χ0n) is 17.5. The Kier molecular flexibility index (Phi) is 6.57. The largest absolute Gasteiger partial charge is 0.444 e. The molecule has 0 aliphatic carbocycles. The van der Waals surface area contributed by atoms with Crippen molar-refractivity contribution in [2.75, 3.05) is 32.7 Å². The molecular formula is C21H32N4O3. The highest BCUT2D eigenvalue weighted by Gasteiger charge is 2.24. The molecule has 2 heterocycles. The first-order valence-electron chi connectivity index (χ1n) is 10.1. The highest BCUT2D eigenvalue weighted by Crippen LogP contribution is 2.19. The third-order valence-electron chi connectivity index (χ3n) is 4.67. The number of nitrogens with one attached hydrogen (secondary N) is 1. The van der Waals surface area contributed by atoms with E-state index in [0.717, 1.165) is 56.1 Å². The summed E-state index contributed by atoms with van der Waals surface area (Å²) in [5.41, 5.74) is 2.47. The number of oxazole rings is 1. The number of hydrogen-bond donors (Lipinski definition) is 1. The van der Waals surface area contributed by atoms with E-state index in [4.69, 9.17) is 9.15 Å². The average Bonchev–Trinajstić information content (AvgIpc) is 2.87. The molecule has 0 bridgehead atoms. The molecule has 1 amide bonds. The lowest BCUT2D eigenvalue weighted by atomic mass is 10.2. The molecule has 0 spiro atoms. The number of benzene rings is 1. The average molecular weight is 389 g/mol. The molecule has 1 aliphatic heterocycles. The van der Waals surface area contributed by atoms with E-state index < -0.39 is 5.60 Å². The Labute approximate surface area is 167 Å². The zero-order chi connectivity index (χ0) is 20.1. The molecule has 1 aliphatic rings. The van der Waals surface area contributed by atoms with E-state index in [0.29, 0.717) is 13.1 Å². The minimum absolute atomic E-state index is 0.216. The lowest BCUT2D eigenvalue weighted by molar-refractivity contribution is 0.0257. The highest BCUT2D eigenvalue weighted by atomic mass is 16.6. The summed E-state index contributed by atoms with van der Waals surface area (Å²) in [5.74, 6) is 0.719. The van der Waals surface area contributed by atoms with E-state index in [1.165, 1.54) is 5.56 Å². The van der Waals surface area contributed by atoms with Crippen LogP contribution in [0.5, 0.6) is 0 Å². The predicted molar refractivity (Wildman–Crippen MR) is 109 cm³/mol. The van der Waals surface area contributed by atoms with Crippen molar-refractivity contribution in [2.45, 2.75) is 52.8 Å². The van der Waals surface area contributed by atoms with Crippen LogP contribution in [0.1, 0.15) is 45.6 Å². The van der Waals surface area contributed by atoms with Crippen LogP contribution in [-0.2, 0) is 17.8 Å². The van der Waals surface area contributed by atoms with Crippen LogP contribution >= 0.6 is 0 Å². The maximum Gasteiger partial charge on any atom is 0.410 e. The summed E-state index contributed by atoms with van der Waals surface area (Å²) in [4.78, 5) is 21.1. The molecule has 7 nitrogen and oxygen atoms in total. The number of rotatable bonds is 5. The third kappa shape index (κ3) is 5.69. The minimum atomic E-state index is -0.457. The lowest BCUT2D eigenvalue weighted by Crippen LogP contribution is -2.39. The van der Waals surface area contributed by atoms with E-state index >= 15 is 0 Å². The SMILES string of the molecule is CCNCc1nc2cc(CN3CCCN(C(=O)OC(C)(C)C)CC3)ccc2o1. The molecule has 3 rings (SSSR count). The molecule has 2 aromatic rings. The van der Waals surface area contributed by atoms with Gasteiger partial charge in [-0.25, -0.2) is 9.78 Å². The molecule has 1 aromatic carbocycles. The standard InChI is InChI=1S/C21H32N4O3/c1-5-22-14-19-23-17-13-16(7-8-18(17)27-19)15-24-9-6-10-25(12-11-24)20(26)28-21(2,3)4/h7-8,13,22H,5-6,9-12,14-15H2,1-4H3. The summed E-state index contributed by atoms with van der Waals surface area (Å²) >= 11 is 0. The summed E-state index contributed by atoms with van der Waals surface area (Å²) < 4.78 is 11.3. The predicted octanol–water partition coefficient (Wildman–Crippen LogP) is 3.38. The first kappa shape index (κ1) is 20.6. The Morgan fingerprint density at radius 1 is 1.25 bits per heavy atom. The van der Waals surface area contributed by atoms with Crippen molar-refractivity contribution in [3.63, 3.8) is 0 Å². The number of carbonyl (C=O) groups is 1. The second-order valence-electron chi connectivity index (χ2n) is 8.29. The smallest absolute Gasteiger partial charge is 0.410 e. The number of carbonyl (C=O) groups excluding carboxylic acids is 1. The van der Waals surface area contributed by atoms with Gasteiger partial charge in [0.25, 0.3) is 0 Å². The second kappa shape index (κ2) is 8.92. The van der Waals surface area contributed by atoms with Gasteiger partial charge < -0.3 is 19.4 Å². The van der Waals surface area contributed by atoms with Crippen LogP contribution in [0.15, 0.2) is 22.6 Å². The number of aromatic nitrogens is 1. The molecule has 1 aromatic heterocycles. The third-order valence-corrected chi connectivity index (χ3v) is 4.67. The molecule has 0 radical (unpaired) electrons. The monoisotopic (exact) mass is 388 g/mol. The van der Waals surface area contributed by atoms with Crippen LogP contribution in [0.25, 0.3) is 11.1 Å². The van der Waals surface area contributed by atoms with E-state index in [2.05, 4.69) is 34.3 Å². The normalized spacial score (nSPS) is 16.4. The van der Waals surface area contributed by atoms with Crippen molar-refractivity contribution in [3.8, 4) is 0 Å². The lowest BCUT2D eigenvalue weighted by Gasteiger charge is -2.26. The number of nitrogens with zero attached hydrogens (tertiary/aromatic N) is 3. The van der Waals surface area contributed by atoms with Gasteiger partial charge in [0.2, 0.25) is 5.89 Å². The van der Waals surface area contributed by atoms with Gasteiger partial charge in [-0.2, -0.15) is 0 Å². The Morgan fingerprint density at radius 2 is 2.07 bits per heavy atom.